The number of nitrogens with one attached hydrogen (secondary N) is 2. The summed E-state index contributed by atoms with van der Waals surface area (Å²) in [4.78, 5) is 12.1. The van der Waals surface area contributed by atoms with Gasteiger partial charge in [-0.1, -0.05) is 32.0 Å². The third-order valence-electron chi connectivity index (χ3n) is 3.71. The van der Waals surface area contributed by atoms with Crippen LogP contribution in [0.4, 0.5) is 0 Å². The van der Waals surface area contributed by atoms with Gasteiger partial charge in [0.05, 0.1) is 12.6 Å². The predicted molar refractivity (Wildman–Crippen MR) is 93.5 cm³/mol. The van der Waals surface area contributed by atoms with E-state index < -0.39 is 6.04 Å². The second kappa shape index (κ2) is 9.08. The molecule has 130 valence electrons. The Morgan fingerprint density at radius 2 is 2.12 bits per heavy atom. The zero-order chi connectivity index (χ0) is 17.4. The summed E-state index contributed by atoms with van der Waals surface area (Å²) in [6.07, 6.45) is 3.07. The third-order valence-corrected chi connectivity index (χ3v) is 3.71. The van der Waals surface area contributed by atoms with Gasteiger partial charge in [-0.05, 0) is 24.5 Å². The highest BCUT2D eigenvalue weighted by atomic mass is 16.5. The van der Waals surface area contributed by atoms with Gasteiger partial charge in [-0.15, -0.1) is 0 Å². The Bertz CT molecular complexity index is 626. The van der Waals surface area contributed by atoms with Gasteiger partial charge >= 0.3 is 0 Å². The van der Waals surface area contributed by atoms with Crippen LogP contribution in [0.5, 0.6) is 5.75 Å². The van der Waals surface area contributed by atoms with Crippen molar-refractivity contribution in [1.82, 2.24) is 15.5 Å². The van der Waals surface area contributed by atoms with Crippen LogP contribution in [0.3, 0.4) is 0 Å². The molecule has 0 saturated heterocycles. The van der Waals surface area contributed by atoms with Crippen molar-refractivity contribution in [2.45, 2.75) is 39.3 Å². The fourth-order valence-corrected chi connectivity index (χ4v) is 2.24. The van der Waals surface area contributed by atoms with Gasteiger partial charge < -0.3 is 15.8 Å². The average Bonchev–Trinajstić information content (AvgIpc) is 3.06. The van der Waals surface area contributed by atoms with E-state index in [2.05, 4.69) is 29.4 Å². The number of aromatic amines is 1. The Morgan fingerprint density at radius 3 is 2.83 bits per heavy atom. The third kappa shape index (κ3) is 5.70. The number of amides is 1. The molecule has 2 aromatic rings. The molecule has 24 heavy (non-hydrogen) atoms. The minimum atomic E-state index is -0.612. The van der Waals surface area contributed by atoms with E-state index in [4.69, 9.17) is 10.5 Å². The van der Waals surface area contributed by atoms with Crippen molar-refractivity contribution in [3.8, 4) is 5.75 Å². The van der Waals surface area contributed by atoms with E-state index in [9.17, 15) is 4.79 Å². The van der Waals surface area contributed by atoms with E-state index in [0.29, 0.717) is 25.5 Å². The first-order valence-electron chi connectivity index (χ1n) is 8.28. The summed E-state index contributed by atoms with van der Waals surface area (Å²) in [6, 6.07) is 8.93. The summed E-state index contributed by atoms with van der Waals surface area (Å²) < 4.78 is 5.83. The Labute approximate surface area is 142 Å². The first kappa shape index (κ1) is 18.0. The topological polar surface area (TPSA) is 93.0 Å². The predicted octanol–water partition coefficient (Wildman–Crippen LogP) is 2.02. The molecule has 0 aliphatic heterocycles. The van der Waals surface area contributed by atoms with Gasteiger partial charge in [0.1, 0.15) is 5.75 Å². The molecule has 4 N–H and O–H groups in total. The number of carbonyl (C=O) groups excluding carboxylic acids is 1. The Balaban J connectivity index is 1.85. The molecule has 0 aliphatic rings. The normalized spacial score (nSPS) is 12.2. The van der Waals surface area contributed by atoms with E-state index in [1.54, 1.807) is 6.20 Å². The number of nitrogens with two attached hydrogens (primary N) is 1. The highest BCUT2D eigenvalue weighted by molar-refractivity contribution is 5.81. The average molecular weight is 330 g/mol. The molecule has 0 radical (unpaired) electrons. The summed E-state index contributed by atoms with van der Waals surface area (Å²) in [5.74, 6) is 1.21. The molecule has 2 rings (SSSR count). The number of rotatable bonds is 9. The number of para-hydroxylation sites is 1. The van der Waals surface area contributed by atoms with Gasteiger partial charge in [-0.25, -0.2) is 0 Å². The van der Waals surface area contributed by atoms with Crippen LogP contribution in [0.25, 0.3) is 0 Å². The lowest BCUT2D eigenvalue weighted by molar-refractivity contribution is -0.122. The fraction of sp³-hybridized carbons (Fsp3) is 0.444. The van der Waals surface area contributed by atoms with Gasteiger partial charge in [0, 0.05) is 30.4 Å². The van der Waals surface area contributed by atoms with E-state index in [0.717, 1.165) is 23.4 Å². The number of hydrogen-bond donors (Lipinski definition) is 3. The van der Waals surface area contributed by atoms with Crippen molar-refractivity contribution >= 4 is 5.91 Å². The Hall–Kier alpha value is -2.34. The standard InChI is InChI=1S/C18H26N4O2/c1-13(2)8-10-24-17-6-4-3-5-14(17)12-20-18(23)16(19)11-15-7-9-21-22-15/h3-7,9,13,16H,8,10-12,19H2,1-2H3,(H,20,23)(H,21,22). The van der Waals surface area contributed by atoms with Crippen LogP contribution < -0.4 is 15.8 Å². The van der Waals surface area contributed by atoms with Crippen LogP contribution in [0.2, 0.25) is 0 Å². The Kier molecular flexibility index (Phi) is 6.81. The highest BCUT2D eigenvalue weighted by Gasteiger charge is 2.15. The quantitative estimate of drug-likeness (QED) is 0.656. The SMILES string of the molecule is CC(C)CCOc1ccccc1CNC(=O)C(N)Cc1ccn[nH]1. The van der Waals surface area contributed by atoms with Crippen LogP contribution in [-0.4, -0.2) is 28.8 Å². The summed E-state index contributed by atoms with van der Waals surface area (Å²) in [5, 5.41) is 9.53. The van der Waals surface area contributed by atoms with E-state index in [1.807, 2.05) is 30.3 Å². The number of aromatic nitrogens is 2. The smallest absolute Gasteiger partial charge is 0.237 e. The highest BCUT2D eigenvalue weighted by Crippen LogP contribution is 2.18. The molecular weight excluding hydrogens is 304 g/mol. The maximum absolute atomic E-state index is 12.1. The van der Waals surface area contributed by atoms with Crippen molar-refractivity contribution in [1.29, 1.82) is 0 Å². The molecule has 1 aromatic heterocycles. The largest absolute Gasteiger partial charge is 0.493 e. The number of benzene rings is 1. The number of ether oxygens (including phenoxy) is 1. The lowest BCUT2D eigenvalue weighted by Crippen LogP contribution is -2.41. The van der Waals surface area contributed by atoms with Crippen molar-refractivity contribution < 1.29 is 9.53 Å². The minimum Gasteiger partial charge on any atom is -0.493 e. The molecule has 6 heteroatoms. The van der Waals surface area contributed by atoms with Gasteiger partial charge in [0.25, 0.3) is 0 Å². The fourth-order valence-electron chi connectivity index (χ4n) is 2.24. The number of H-pyrrole nitrogens is 1. The minimum absolute atomic E-state index is 0.193. The number of hydrogen-bond acceptors (Lipinski definition) is 4. The Morgan fingerprint density at radius 1 is 1.33 bits per heavy atom. The molecule has 1 heterocycles. The summed E-state index contributed by atoms with van der Waals surface area (Å²) in [6.45, 7) is 5.39. The van der Waals surface area contributed by atoms with E-state index >= 15 is 0 Å². The van der Waals surface area contributed by atoms with Crippen LogP contribution in [-0.2, 0) is 17.8 Å². The first-order chi connectivity index (χ1) is 11.6. The van der Waals surface area contributed by atoms with E-state index in [-0.39, 0.29) is 5.91 Å². The molecule has 0 spiro atoms. The molecular formula is C18H26N4O2. The van der Waals surface area contributed by atoms with Gasteiger partial charge in [0.2, 0.25) is 5.91 Å². The zero-order valence-corrected chi connectivity index (χ0v) is 14.3. The zero-order valence-electron chi connectivity index (χ0n) is 14.3. The van der Waals surface area contributed by atoms with Gasteiger partial charge in [-0.2, -0.15) is 5.10 Å². The summed E-state index contributed by atoms with van der Waals surface area (Å²) >= 11 is 0. The number of carbonyl (C=O) groups is 1. The maximum atomic E-state index is 12.1. The van der Waals surface area contributed by atoms with Crippen LogP contribution in [0.1, 0.15) is 31.5 Å². The van der Waals surface area contributed by atoms with Crippen molar-refractivity contribution in [2.24, 2.45) is 11.7 Å². The molecule has 0 fully saturated rings. The number of nitrogens with zero attached hydrogens (tertiary/aromatic N) is 1. The van der Waals surface area contributed by atoms with Crippen LogP contribution >= 0.6 is 0 Å². The molecule has 0 aliphatic carbocycles. The molecule has 0 bridgehead atoms. The second-order valence-corrected chi connectivity index (χ2v) is 6.25. The van der Waals surface area contributed by atoms with Gasteiger partial charge in [0.15, 0.2) is 0 Å². The molecule has 1 atom stereocenters. The first-order valence-corrected chi connectivity index (χ1v) is 8.28. The van der Waals surface area contributed by atoms with Crippen molar-refractivity contribution in [3.05, 3.63) is 47.8 Å². The van der Waals surface area contributed by atoms with Crippen molar-refractivity contribution in [3.63, 3.8) is 0 Å². The van der Waals surface area contributed by atoms with Crippen molar-refractivity contribution in [2.75, 3.05) is 6.61 Å². The molecule has 1 amide bonds. The summed E-state index contributed by atoms with van der Waals surface area (Å²) in [7, 11) is 0. The lowest BCUT2D eigenvalue weighted by Gasteiger charge is -2.15. The lowest BCUT2D eigenvalue weighted by atomic mass is 10.1. The second-order valence-electron chi connectivity index (χ2n) is 6.25. The molecule has 1 unspecified atom stereocenters. The molecule has 1 aromatic carbocycles. The maximum Gasteiger partial charge on any atom is 0.237 e. The van der Waals surface area contributed by atoms with Gasteiger partial charge in [-0.3, -0.25) is 9.89 Å². The molecule has 6 nitrogen and oxygen atoms in total. The monoisotopic (exact) mass is 330 g/mol. The van der Waals surface area contributed by atoms with E-state index in [1.165, 1.54) is 0 Å². The van der Waals surface area contributed by atoms with Crippen LogP contribution in [0, 0.1) is 5.92 Å². The van der Waals surface area contributed by atoms with Crippen LogP contribution in [0.15, 0.2) is 36.5 Å². The molecule has 0 saturated carbocycles. The summed E-state index contributed by atoms with van der Waals surface area (Å²) in [5.41, 5.74) is 7.72.